The van der Waals surface area contributed by atoms with E-state index in [0.29, 0.717) is 11.9 Å². The van der Waals surface area contributed by atoms with Crippen molar-refractivity contribution in [3.63, 3.8) is 0 Å². The number of hydrogen-bond acceptors (Lipinski definition) is 2. The highest BCUT2D eigenvalue weighted by atomic mass is 35.5. The minimum atomic E-state index is 0.564. The van der Waals surface area contributed by atoms with Gasteiger partial charge in [0, 0.05) is 19.3 Å². The molecule has 1 aliphatic rings. The van der Waals surface area contributed by atoms with Crippen LogP contribution in [-0.2, 0) is 24.3 Å². The molecule has 78 valence electrons. The molecule has 0 amide bonds. The second-order valence-electron chi connectivity index (χ2n) is 3.96. The fourth-order valence-electron chi connectivity index (χ4n) is 1.99. The maximum absolute atomic E-state index is 6.04. The molecule has 1 unspecified atom stereocenters. The molecule has 0 aliphatic carbocycles. The second kappa shape index (κ2) is 3.91. The smallest absolute Gasteiger partial charge is 0.203 e. The molecule has 3 nitrogen and oxygen atoms in total. The number of imidazole rings is 1. The van der Waals surface area contributed by atoms with Gasteiger partial charge in [-0.3, -0.25) is 0 Å². The van der Waals surface area contributed by atoms with Crippen molar-refractivity contribution in [1.82, 2.24) is 9.55 Å². The number of fused-ring (bicyclic) bond motifs is 1. The molecule has 4 heteroatoms. The van der Waals surface area contributed by atoms with Crippen LogP contribution in [0.4, 0.5) is 0 Å². The van der Waals surface area contributed by atoms with Crippen LogP contribution in [0.2, 0.25) is 5.28 Å². The molecule has 1 aliphatic heterocycles. The van der Waals surface area contributed by atoms with Crippen molar-refractivity contribution < 1.29 is 4.74 Å². The van der Waals surface area contributed by atoms with Crippen molar-refractivity contribution in [1.29, 1.82) is 0 Å². The normalized spacial score (nSPS) is 20.9. The first-order chi connectivity index (χ1) is 6.72. The topological polar surface area (TPSA) is 27.1 Å². The minimum absolute atomic E-state index is 0.564. The molecule has 0 saturated heterocycles. The second-order valence-corrected chi connectivity index (χ2v) is 4.29. The number of rotatable bonds is 2. The fourth-order valence-corrected chi connectivity index (χ4v) is 2.28. The van der Waals surface area contributed by atoms with Crippen LogP contribution in [0.5, 0.6) is 0 Å². The molecule has 0 spiro atoms. The summed E-state index contributed by atoms with van der Waals surface area (Å²) in [6, 6.07) is 0. The summed E-state index contributed by atoms with van der Waals surface area (Å²) >= 11 is 6.04. The molecule has 2 rings (SSSR count). The summed E-state index contributed by atoms with van der Waals surface area (Å²) in [6.45, 7) is 3.82. The summed E-state index contributed by atoms with van der Waals surface area (Å²) in [5.41, 5.74) is 2.26. The lowest BCUT2D eigenvalue weighted by atomic mass is 9.97. The van der Waals surface area contributed by atoms with Crippen LogP contribution >= 0.6 is 11.6 Å². The zero-order valence-electron chi connectivity index (χ0n) is 8.59. The molecule has 2 heterocycles. The van der Waals surface area contributed by atoms with E-state index in [4.69, 9.17) is 16.3 Å². The van der Waals surface area contributed by atoms with E-state index < -0.39 is 0 Å². The quantitative estimate of drug-likeness (QED) is 0.755. The molecular formula is C10H15ClN2O. The zero-order valence-corrected chi connectivity index (χ0v) is 9.34. The maximum Gasteiger partial charge on any atom is 0.203 e. The van der Waals surface area contributed by atoms with Gasteiger partial charge in [0.1, 0.15) is 0 Å². The Morgan fingerprint density at radius 1 is 1.64 bits per heavy atom. The van der Waals surface area contributed by atoms with Gasteiger partial charge in [0.2, 0.25) is 5.28 Å². The number of nitrogens with zero attached hydrogens (tertiary/aromatic N) is 2. The van der Waals surface area contributed by atoms with Gasteiger partial charge in [0.05, 0.1) is 12.3 Å². The molecule has 1 aromatic rings. The summed E-state index contributed by atoms with van der Waals surface area (Å²) in [7, 11) is 1.69. The van der Waals surface area contributed by atoms with Crippen LogP contribution in [0, 0.1) is 5.92 Å². The molecule has 0 bridgehead atoms. The summed E-state index contributed by atoms with van der Waals surface area (Å²) < 4.78 is 7.22. The standard InChI is InChI=1S/C10H15ClN2O/c1-7-3-4-13-9(5-7)8(6-14-2)12-10(13)11/h7H,3-6H2,1-2H3. The largest absolute Gasteiger partial charge is 0.378 e. The van der Waals surface area contributed by atoms with Crippen LogP contribution in [0.15, 0.2) is 0 Å². The van der Waals surface area contributed by atoms with E-state index >= 15 is 0 Å². The Morgan fingerprint density at radius 3 is 3.14 bits per heavy atom. The molecular weight excluding hydrogens is 200 g/mol. The molecule has 0 N–H and O–H groups in total. The van der Waals surface area contributed by atoms with E-state index in [1.54, 1.807) is 7.11 Å². The SMILES string of the molecule is COCc1nc(Cl)n2c1CC(C)CC2. The molecule has 0 aromatic carbocycles. The zero-order chi connectivity index (χ0) is 10.1. The summed E-state index contributed by atoms with van der Waals surface area (Å²) in [4.78, 5) is 4.32. The van der Waals surface area contributed by atoms with Gasteiger partial charge in [0.25, 0.3) is 0 Å². The van der Waals surface area contributed by atoms with Crippen LogP contribution in [0.3, 0.4) is 0 Å². The summed E-state index contributed by atoms with van der Waals surface area (Å²) in [5.74, 6) is 0.728. The molecule has 1 atom stereocenters. The predicted molar refractivity (Wildman–Crippen MR) is 55.4 cm³/mol. The third-order valence-electron chi connectivity index (χ3n) is 2.78. The highest BCUT2D eigenvalue weighted by Crippen LogP contribution is 2.26. The average molecular weight is 215 g/mol. The Morgan fingerprint density at radius 2 is 2.43 bits per heavy atom. The van der Waals surface area contributed by atoms with Gasteiger partial charge in [0.15, 0.2) is 0 Å². The Bertz CT molecular complexity index is 335. The number of methoxy groups -OCH3 is 1. The summed E-state index contributed by atoms with van der Waals surface area (Å²) in [5, 5.41) is 0.610. The van der Waals surface area contributed by atoms with E-state index in [2.05, 4.69) is 16.5 Å². The lowest BCUT2D eigenvalue weighted by molar-refractivity contribution is 0.180. The highest BCUT2D eigenvalue weighted by molar-refractivity contribution is 6.28. The third kappa shape index (κ3) is 1.66. The van der Waals surface area contributed by atoms with Crippen molar-refractivity contribution in [3.8, 4) is 0 Å². The van der Waals surface area contributed by atoms with Crippen LogP contribution in [-0.4, -0.2) is 16.7 Å². The van der Waals surface area contributed by atoms with E-state index in [-0.39, 0.29) is 0 Å². The molecule has 14 heavy (non-hydrogen) atoms. The van der Waals surface area contributed by atoms with Crippen molar-refractivity contribution in [2.45, 2.75) is 32.9 Å². The first-order valence-electron chi connectivity index (χ1n) is 4.95. The Balaban J connectivity index is 2.34. The van der Waals surface area contributed by atoms with Crippen molar-refractivity contribution >= 4 is 11.6 Å². The van der Waals surface area contributed by atoms with E-state index in [1.807, 2.05) is 0 Å². The first-order valence-corrected chi connectivity index (χ1v) is 5.33. The van der Waals surface area contributed by atoms with Gasteiger partial charge < -0.3 is 9.30 Å². The monoisotopic (exact) mass is 214 g/mol. The lowest BCUT2D eigenvalue weighted by Crippen LogP contribution is -2.17. The van der Waals surface area contributed by atoms with Crippen LogP contribution in [0.25, 0.3) is 0 Å². The van der Waals surface area contributed by atoms with Crippen LogP contribution in [0.1, 0.15) is 24.7 Å². The van der Waals surface area contributed by atoms with Gasteiger partial charge in [-0.1, -0.05) is 6.92 Å². The maximum atomic E-state index is 6.04. The Hall–Kier alpha value is -0.540. The van der Waals surface area contributed by atoms with Gasteiger partial charge in [-0.15, -0.1) is 0 Å². The average Bonchev–Trinajstić information content (AvgIpc) is 2.44. The molecule has 0 radical (unpaired) electrons. The number of aromatic nitrogens is 2. The molecule has 1 aromatic heterocycles. The van der Waals surface area contributed by atoms with Crippen molar-refractivity contribution in [2.24, 2.45) is 5.92 Å². The summed E-state index contributed by atoms with van der Waals surface area (Å²) in [6.07, 6.45) is 2.26. The van der Waals surface area contributed by atoms with Gasteiger partial charge in [-0.05, 0) is 30.4 Å². The fraction of sp³-hybridized carbons (Fsp3) is 0.700. The number of hydrogen-bond donors (Lipinski definition) is 0. The van der Waals surface area contributed by atoms with E-state index in [9.17, 15) is 0 Å². The van der Waals surface area contributed by atoms with Crippen molar-refractivity contribution in [3.05, 3.63) is 16.7 Å². The van der Waals surface area contributed by atoms with E-state index in [0.717, 1.165) is 24.6 Å². The Kier molecular flexibility index (Phi) is 2.79. The number of ether oxygens (including phenoxy) is 1. The third-order valence-corrected chi connectivity index (χ3v) is 3.07. The first kappa shape index (κ1) is 9.99. The highest BCUT2D eigenvalue weighted by Gasteiger charge is 2.22. The van der Waals surface area contributed by atoms with Gasteiger partial charge in [-0.25, -0.2) is 4.98 Å². The lowest BCUT2D eigenvalue weighted by Gasteiger charge is -2.21. The van der Waals surface area contributed by atoms with Crippen LogP contribution < -0.4 is 0 Å². The Labute approximate surface area is 89.0 Å². The van der Waals surface area contributed by atoms with E-state index in [1.165, 1.54) is 12.1 Å². The van der Waals surface area contributed by atoms with Gasteiger partial charge in [-0.2, -0.15) is 0 Å². The minimum Gasteiger partial charge on any atom is -0.378 e. The van der Waals surface area contributed by atoms with Crippen molar-refractivity contribution in [2.75, 3.05) is 7.11 Å². The number of halogens is 1. The van der Waals surface area contributed by atoms with Gasteiger partial charge >= 0.3 is 0 Å². The predicted octanol–water partition coefficient (Wildman–Crippen LogP) is 2.27. The molecule has 0 saturated carbocycles. The molecule has 0 fully saturated rings.